The number of allylic oxidation sites excluding steroid dienone is 1. The maximum atomic E-state index is 6.27. The van der Waals surface area contributed by atoms with E-state index in [0.29, 0.717) is 0 Å². The third kappa shape index (κ3) is 5.78. The number of aryl methyl sites for hydroxylation is 1. The average Bonchev–Trinajstić information content (AvgIpc) is 3.66. The fraction of sp³-hybridized carbons (Fsp3) is 0.127. The molecule has 0 spiro atoms. The molecule has 9 rings (SSSR count). The summed E-state index contributed by atoms with van der Waals surface area (Å²) in [4.78, 5) is 0. The van der Waals surface area contributed by atoms with Crippen LogP contribution in [0.25, 0.3) is 95.2 Å². The van der Waals surface area contributed by atoms with Gasteiger partial charge in [0.15, 0.2) is 0 Å². The molecule has 8 aromatic rings. The Labute approximate surface area is 329 Å². The van der Waals surface area contributed by atoms with Crippen molar-refractivity contribution in [2.45, 2.75) is 47.0 Å². The maximum Gasteiger partial charge on any atom is 0.135 e. The highest BCUT2D eigenvalue weighted by Gasteiger charge is 2.36. The zero-order valence-corrected chi connectivity index (χ0v) is 33.1. The predicted molar refractivity (Wildman–Crippen MR) is 242 cm³/mol. The molecule has 1 aliphatic rings. The van der Waals surface area contributed by atoms with E-state index in [1.54, 1.807) is 0 Å². The molecular weight excluding hydrogens is 677 g/mol. The molecule has 0 saturated carbocycles. The molecule has 0 radical (unpaired) electrons. The van der Waals surface area contributed by atoms with Gasteiger partial charge in [-0.2, -0.15) is 0 Å². The lowest BCUT2D eigenvalue weighted by atomic mass is 9.81. The van der Waals surface area contributed by atoms with Crippen LogP contribution in [-0.2, 0) is 5.41 Å². The van der Waals surface area contributed by atoms with Gasteiger partial charge in [-0.05, 0) is 158 Å². The molecule has 0 N–H and O–H groups in total. The number of furan rings is 1. The molecule has 0 amide bonds. The lowest BCUT2D eigenvalue weighted by Crippen LogP contribution is -2.26. The summed E-state index contributed by atoms with van der Waals surface area (Å²) in [5.41, 5.74) is 14.7. The highest BCUT2D eigenvalue weighted by Crippen LogP contribution is 2.51. The zero-order valence-electron chi connectivity index (χ0n) is 33.1. The van der Waals surface area contributed by atoms with Crippen LogP contribution in [0.1, 0.15) is 57.1 Å². The summed E-state index contributed by atoms with van der Waals surface area (Å²) in [5, 5.41) is 8.62. The minimum absolute atomic E-state index is 0.116. The molecule has 0 fully saturated rings. The van der Waals surface area contributed by atoms with Crippen LogP contribution < -0.4 is 10.4 Å². The van der Waals surface area contributed by atoms with Gasteiger partial charge in [-0.1, -0.05) is 141 Å². The molecule has 1 nitrogen and oxygen atoms in total. The van der Waals surface area contributed by atoms with Gasteiger partial charge in [-0.15, -0.1) is 0 Å². The van der Waals surface area contributed by atoms with Crippen LogP contribution in [0.15, 0.2) is 156 Å². The highest BCUT2D eigenvalue weighted by molar-refractivity contribution is 6.10. The van der Waals surface area contributed by atoms with Crippen LogP contribution in [0.5, 0.6) is 0 Å². The van der Waals surface area contributed by atoms with E-state index in [0.717, 1.165) is 11.3 Å². The Morgan fingerprint density at radius 3 is 1.75 bits per heavy atom. The SMILES string of the molecule is CC=c1c(-c2ccc3cc(-c4ccc5c(c4)-c4cc6ccc7oc(/C=C\C)c(C)c7c6cc4C5(C)C)ccc3c2)ccccccc(-c2ccccc2)/c1=C/C. The van der Waals surface area contributed by atoms with Crippen molar-refractivity contribution in [2.75, 3.05) is 0 Å². The average molecular weight is 723 g/mol. The topological polar surface area (TPSA) is 13.1 Å². The third-order valence-electron chi connectivity index (χ3n) is 11.9. The standard InChI is InChI=1S/C55H46O/c1-7-17-52-35(4)54-47-34-51-49(33-42(47)27-29-53(54)56-52)48-32-40(26-28-50(48)55(51,5)6)38-22-23-39-31-41(25-24-37(39)30-38)46-21-16-11-10-15-20-45(36-18-13-12-14-19-36)43(8-2)44(46)9-3/h7-34H,1-6H3/b15-10?,16-11?,17-7-,43-8+,44-9?,45-20?,46-21?. The molecule has 0 saturated heterocycles. The van der Waals surface area contributed by atoms with Crippen molar-refractivity contribution in [1.29, 1.82) is 0 Å². The van der Waals surface area contributed by atoms with E-state index in [4.69, 9.17) is 4.42 Å². The van der Waals surface area contributed by atoms with Crippen LogP contribution in [0, 0.1) is 6.92 Å². The van der Waals surface area contributed by atoms with Crippen LogP contribution in [0.4, 0.5) is 0 Å². The van der Waals surface area contributed by atoms with Gasteiger partial charge in [0.05, 0.1) is 0 Å². The van der Waals surface area contributed by atoms with E-state index in [9.17, 15) is 0 Å². The number of hydrogen-bond donors (Lipinski definition) is 0. The smallest absolute Gasteiger partial charge is 0.135 e. The quantitative estimate of drug-likeness (QED) is 0.176. The van der Waals surface area contributed by atoms with Crippen molar-refractivity contribution in [1.82, 2.24) is 0 Å². The second-order valence-corrected chi connectivity index (χ2v) is 15.5. The zero-order chi connectivity index (χ0) is 38.6. The maximum absolute atomic E-state index is 6.27. The van der Waals surface area contributed by atoms with E-state index in [2.05, 4.69) is 198 Å². The minimum Gasteiger partial charge on any atom is -0.456 e. The second kappa shape index (κ2) is 14.0. The van der Waals surface area contributed by atoms with Crippen molar-refractivity contribution < 1.29 is 4.42 Å². The normalized spacial score (nSPS) is 13.8. The molecule has 7 aromatic carbocycles. The van der Waals surface area contributed by atoms with Gasteiger partial charge >= 0.3 is 0 Å². The second-order valence-electron chi connectivity index (χ2n) is 15.5. The van der Waals surface area contributed by atoms with E-state index < -0.39 is 0 Å². The summed E-state index contributed by atoms with van der Waals surface area (Å²) in [5.74, 6) is 0.937. The number of hydrogen-bond acceptors (Lipinski definition) is 1. The Morgan fingerprint density at radius 2 is 1.05 bits per heavy atom. The fourth-order valence-electron chi connectivity index (χ4n) is 9.07. The highest BCUT2D eigenvalue weighted by atomic mass is 16.3. The predicted octanol–water partition coefficient (Wildman–Crippen LogP) is 14.1. The number of fused-ring (bicyclic) bond motifs is 7. The molecule has 0 unspecified atom stereocenters. The van der Waals surface area contributed by atoms with E-state index in [-0.39, 0.29) is 5.41 Å². The van der Waals surface area contributed by atoms with E-state index in [1.807, 2.05) is 13.0 Å². The van der Waals surface area contributed by atoms with Gasteiger partial charge in [0.1, 0.15) is 11.3 Å². The first-order valence-corrected chi connectivity index (χ1v) is 19.8. The summed E-state index contributed by atoms with van der Waals surface area (Å²) in [6, 6.07) is 53.7. The number of rotatable bonds is 4. The summed E-state index contributed by atoms with van der Waals surface area (Å²) in [7, 11) is 0. The van der Waals surface area contributed by atoms with Crippen molar-refractivity contribution >= 4 is 50.7 Å². The van der Waals surface area contributed by atoms with Gasteiger partial charge in [0.2, 0.25) is 0 Å². The molecule has 1 aliphatic carbocycles. The molecule has 1 heterocycles. The molecule has 272 valence electrons. The summed E-state index contributed by atoms with van der Waals surface area (Å²) >= 11 is 0. The van der Waals surface area contributed by atoms with Gasteiger partial charge in [-0.25, -0.2) is 0 Å². The Morgan fingerprint density at radius 1 is 0.482 bits per heavy atom. The lowest BCUT2D eigenvalue weighted by Gasteiger charge is -2.22. The number of benzene rings is 6. The van der Waals surface area contributed by atoms with E-state index in [1.165, 1.54) is 98.6 Å². The molecule has 0 atom stereocenters. The lowest BCUT2D eigenvalue weighted by molar-refractivity contribution is 0.601. The summed E-state index contributed by atoms with van der Waals surface area (Å²) < 4.78 is 6.27. The largest absolute Gasteiger partial charge is 0.456 e. The van der Waals surface area contributed by atoms with Gasteiger partial charge in [0, 0.05) is 16.4 Å². The van der Waals surface area contributed by atoms with Crippen LogP contribution in [-0.4, -0.2) is 0 Å². The summed E-state index contributed by atoms with van der Waals surface area (Å²) in [6.45, 7) is 13.2. The Kier molecular flexibility index (Phi) is 8.82. The third-order valence-corrected chi connectivity index (χ3v) is 11.9. The Bertz CT molecular complexity index is 3080. The van der Waals surface area contributed by atoms with Crippen molar-refractivity contribution in [3.05, 3.63) is 185 Å². The van der Waals surface area contributed by atoms with Crippen LogP contribution in [0.3, 0.4) is 0 Å². The minimum atomic E-state index is -0.116. The van der Waals surface area contributed by atoms with Gasteiger partial charge in [0.25, 0.3) is 0 Å². The van der Waals surface area contributed by atoms with Crippen molar-refractivity contribution in [2.24, 2.45) is 0 Å². The monoisotopic (exact) mass is 722 g/mol. The fourth-order valence-corrected chi connectivity index (χ4v) is 9.07. The van der Waals surface area contributed by atoms with E-state index >= 15 is 0 Å². The first-order chi connectivity index (χ1) is 27.3. The van der Waals surface area contributed by atoms with Crippen molar-refractivity contribution in [3.63, 3.8) is 0 Å². The Hall–Kier alpha value is -6.44. The first-order valence-electron chi connectivity index (χ1n) is 19.8. The summed E-state index contributed by atoms with van der Waals surface area (Å²) in [6.07, 6.45) is 8.60. The molecule has 0 aliphatic heterocycles. The van der Waals surface area contributed by atoms with Gasteiger partial charge in [-0.3, -0.25) is 0 Å². The molecule has 1 aromatic heterocycles. The molecule has 1 heteroatoms. The molecule has 0 bridgehead atoms. The van der Waals surface area contributed by atoms with Crippen LogP contribution >= 0.6 is 0 Å². The van der Waals surface area contributed by atoms with Crippen LogP contribution in [0.2, 0.25) is 0 Å². The van der Waals surface area contributed by atoms with Crippen molar-refractivity contribution in [3.8, 4) is 44.5 Å². The molecular formula is C55H46O. The molecule has 56 heavy (non-hydrogen) atoms. The van der Waals surface area contributed by atoms with Gasteiger partial charge < -0.3 is 4.42 Å². The Balaban J connectivity index is 1.14. The first kappa shape index (κ1) is 35.3.